The van der Waals surface area contributed by atoms with Gasteiger partial charge in [-0.25, -0.2) is 26.3 Å². The summed E-state index contributed by atoms with van der Waals surface area (Å²) in [4.78, 5) is 0. The minimum atomic E-state index is -2.03. The van der Waals surface area contributed by atoms with E-state index < -0.39 is 51.6 Å². The van der Waals surface area contributed by atoms with Crippen molar-refractivity contribution >= 4 is 0 Å². The summed E-state index contributed by atoms with van der Waals surface area (Å²) >= 11 is 0. The molecule has 19 heavy (non-hydrogen) atoms. The van der Waals surface area contributed by atoms with E-state index in [9.17, 15) is 26.3 Å². The maximum atomic E-state index is 13.7. The Balaban J connectivity index is 2.45. The van der Waals surface area contributed by atoms with Crippen molar-refractivity contribution in [1.82, 2.24) is 0 Å². The zero-order chi connectivity index (χ0) is 13.9. The lowest BCUT2D eigenvalue weighted by Crippen LogP contribution is -2.02. The summed E-state index contributed by atoms with van der Waals surface area (Å²) in [6.07, 6.45) is -0.318. The van der Waals surface area contributed by atoms with Crippen LogP contribution in [-0.4, -0.2) is 0 Å². The summed E-state index contributed by atoms with van der Waals surface area (Å²) in [5.74, 6) is -9.95. The smallest absolute Gasteiger partial charge is 0.198 e. The second kappa shape index (κ2) is 3.76. The van der Waals surface area contributed by atoms with Gasteiger partial charge >= 0.3 is 0 Å². The van der Waals surface area contributed by atoms with E-state index in [2.05, 4.69) is 0 Å². The highest BCUT2D eigenvalue weighted by molar-refractivity contribution is 5.78. The largest absolute Gasteiger partial charge is 0.204 e. The molecule has 0 N–H and O–H groups in total. The lowest BCUT2D eigenvalue weighted by atomic mass is 10.0. The van der Waals surface area contributed by atoms with Gasteiger partial charge in [0.1, 0.15) is 0 Å². The Kier molecular flexibility index (Phi) is 2.39. The molecule has 0 saturated heterocycles. The molecule has 0 amide bonds. The van der Waals surface area contributed by atoms with Crippen molar-refractivity contribution in [2.24, 2.45) is 0 Å². The van der Waals surface area contributed by atoms with E-state index in [4.69, 9.17) is 0 Å². The highest BCUT2D eigenvalue weighted by Crippen LogP contribution is 2.43. The standard InChI is InChI=1S/C13H4F6/c14-6-2-1-4-3-5-8(7(4)10(6)16)11(17)13(19)12(18)9(5)15/h1-2H,3H2. The van der Waals surface area contributed by atoms with Crippen LogP contribution in [0.15, 0.2) is 12.1 Å². The quantitative estimate of drug-likeness (QED) is 0.329. The molecule has 0 aromatic heterocycles. The van der Waals surface area contributed by atoms with Gasteiger partial charge < -0.3 is 0 Å². The van der Waals surface area contributed by atoms with Gasteiger partial charge in [0.05, 0.1) is 0 Å². The Morgan fingerprint density at radius 3 is 1.95 bits per heavy atom. The van der Waals surface area contributed by atoms with Crippen LogP contribution in [0, 0.1) is 34.9 Å². The molecule has 2 aromatic carbocycles. The number of benzene rings is 2. The third-order valence-electron chi connectivity index (χ3n) is 3.16. The molecule has 0 unspecified atom stereocenters. The van der Waals surface area contributed by atoms with E-state index in [0.29, 0.717) is 0 Å². The predicted octanol–water partition coefficient (Wildman–Crippen LogP) is 4.09. The number of rotatable bonds is 0. The number of hydrogen-bond acceptors (Lipinski definition) is 0. The van der Waals surface area contributed by atoms with Crippen LogP contribution in [-0.2, 0) is 6.42 Å². The lowest BCUT2D eigenvalue weighted by molar-refractivity contribution is 0.407. The van der Waals surface area contributed by atoms with Gasteiger partial charge in [-0.3, -0.25) is 0 Å². The summed E-state index contributed by atoms with van der Waals surface area (Å²) in [5, 5.41) is 0. The van der Waals surface area contributed by atoms with Crippen LogP contribution in [0.5, 0.6) is 0 Å². The second-order valence-electron chi connectivity index (χ2n) is 4.18. The average molecular weight is 274 g/mol. The molecule has 1 aliphatic carbocycles. The highest BCUT2D eigenvalue weighted by atomic mass is 19.2. The Bertz CT molecular complexity index is 720. The van der Waals surface area contributed by atoms with Crippen molar-refractivity contribution in [2.45, 2.75) is 6.42 Å². The van der Waals surface area contributed by atoms with Crippen LogP contribution in [0.2, 0.25) is 0 Å². The molecule has 0 nitrogen and oxygen atoms in total. The molecule has 0 fully saturated rings. The molecule has 3 rings (SSSR count). The zero-order valence-electron chi connectivity index (χ0n) is 9.13. The first kappa shape index (κ1) is 12.1. The molecule has 0 saturated carbocycles. The molecule has 0 atom stereocenters. The van der Waals surface area contributed by atoms with Gasteiger partial charge in [0.2, 0.25) is 0 Å². The van der Waals surface area contributed by atoms with Crippen molar-refractivity contribution in [3.8, 4) is 11.1 Å². The Morgan fingerprint density at radius 1 is 0.632 bits per heavy atom. The van der Waals surface area contributed by atoms with Crippen molar-refractivity contribution in [3.63, 3.8) is 0 Å². The van der Waals surface area contributed by atoms with E-state index in [1.54, 1.807) is 0 Å². The van der Waals surface area contributed by atoms with E-state index in [0.717, 1.165) is 12.1 Å². The third-order valence-corrected chi connectivity index (χ3v) is 3.16. The van der Waals surface area contributed by atoms with Crippen LogP contribution >= 0.6 is 0 Å². The first-order valence-electron chi connectivity index (χ1n) is 5.25. The molecule has 98 valence electrons. The molecule has 0 spiro atoms. The lowest BCUT2D eigenvalue weighted by Gasteiger charge is -2.07. The van der Waals surface area contributed by atoms with Gasteiger partial charge in [-0.05, 0) is 11.6 Å². The fourth-order valence-corrected chi connectivity index (χ4v) is 2.30. The molecule has 2 aromatic rings. The van der Waals surface area contributed by atoms with Crippen molar-refractivity contribution < 1.29 is 26.3 Å². The SMILES string of the molecule is Fc1ccc2c(c1F)-c1c(F)c(F)c(F)c(F)c1C2. The highest BCUT2D eigenvalue weighted by Gasteiger charge is 2.34. The maximum absolute atomic E-state index is 13.7. The molecule has 0 bridgehead atoms. The fraction of sp³-hybridized carbons (Fsp3) is 0.0769. The summed E-state index contributed by atoms with van der Waals surface area (Å²) in [6, 6.07) is 1.92. The Hall–Kier alpha value is -1.98. The van der Waals surface area contributed by atoms with Gasteiger partial charge in [-0.2, -0.15) is 0 Å². The number of halogens is 6. The maximum Gasteiger partial charge on any atom is 0.198 e. The van der Waals surface area contributed by atoms with Gasteiger partial charge in [0.25, 0.3) is 0 Å². The minimum absolute atomic E-state index is 0.0803. The first-order valence-corrected chi connectivity index (χ1v) is 5.25. The number of fused-ring (bicyclic) bond motifs is 3. The van der Waals surface area contributed by atoms with Crippen LogP contribution in [0.4, 0.5) is 26.3 Å². The zero-order valence-corrected chi connectivity index (χ0v) is 9.13. The summed E-state index contributed by atoms with van der Waals surface area (Å²) < 4.78 is 80.2. The van der Waals surface area contributed by atoms with Crippen LogP contribution in [0.1, 0.15) is 11.1 Å². The van der Waals surface area contributed by atoms with Gasteiger partial charge in [-0.15, -0.1) is 0 Å². The summed E-state index contributed by atoms with van der Waals surface area (Å²) in [6.45, 7) is 0. The Morgan fingerprint density at radius 2 is 1.26 bits per heavy atom. The minimum Gasteiger partial charge on any atom is -0.204 e. The van der Waals surface area contributed by atoms with Crippen LogP contribution in [0.25, 0.3) is 11.1 Å². The first-order chi connectivity index (χ1) is 8.93. The molecule has 1 aliphatic rings. The normalized spacial score (nSPS) is 12.5. The topological polar surface area (TPSA) is 0 Å². The molecule has 0 aliphatic heterocycles. The van der Waals surface area contributed by atoms with E-state index in [1.165, 1.54) is 0 Å². The molecular weight excluding hydrogens is 270 g/mol. The number of hydrogen-bond donors (Lipinski definition) is 0. The summed E-state index contributed by atoms with van der Waals surface area (Å²) in [7, 11) is 0. The second-order valence-corrected chi connectivity index (χ2v) is 4.18. The average Bonchev–Trinajstić information content (AvgIpc) is 2.78. The van der Waals surface area contributed by atoms with E-state index >= 15 is 0 Å². The summed E-state index contributed by atoms with van der Waals surface area (Å²) in [5.41, 5.74) is -1.72. The third kappa shape index (κ3) is 1.42. The van der Waals surface area contributed by atoms with Crippen molar-refractivity contribution in [1.29, 1.82) is 0 Å². The Labute approximate surface area is 103 Å². The van der Waals surface area contributed by atoms with Crippen LogP contribution < -0.4 is 0 Å². The van der Waals surface area contributed by atoms with Gasteiger partial charge in [-0.1, -0.05) is 6.07 Å². The molecular formula is C13H4F6. The van der Waals surface area contributed by atoms with Crippen molar-refractivity contribution in [3.05, 3.63) is 58.2 Å². The van der Waals surface area contributed by atoms with Gasteiger partial charge in [0.15, 0.2) is 34.9 Å². The monoisotopic (exact) mass is 274 g/mol. The predicted molar refractivity (Wildman–Crippen MR) is 54.4 cm³/mol. The van der Waals surface area contributed by atoms with E-state index in [1.807, 2.05) is 0 Å². The molecule has 6 heteroatoms. The van der Waals surface area contributed by atoms with Crippen LogP contribution in [0.3, 0.4) is 0 Å². The molecule has 0 radical (unpaired) electrons. The van der Waals surface area contributed by atoms with Gasteiger partial charge in [0, 0.05) is 23.1 Å². The molecule has 0 heterocycles. The fourth-order valence-electron chi connectivity index (χ4n) is 2.30. The van der Waals surface area contributed by atoms with E-state index in [-0.39, 0.29) is 12.0 Å². The van der Waals surface area contributed by atoms with Crippen molar-refractivity contribution in [2.75, 3.05) is 0 Å².